The van der Waals surface area contributed by atoms with Crippen LogP contribution in [0.4, 0.5) is 22.0 Å². The highest BCUT2D eigenvalue weighted by molar-refractivity contribution is 5.30. The van der Waals surface area contributed by atoms with E-state index >= 15 is 0 Å². The molecular formula is C15H19F5O2. The van der Waals surface area contributed by atoms with Gasteiger partial charge in [0.25, 0.3) is 0 Å². The van der Waals surface area contributed by atoms with Crippen LogP contribution in [-0.2, 0) is 4.74 Å². The van der Waals surface area contributed by atoms with E-state index in [4.69, 9.17) is 9.47 Å². The molecule has 0 radical (unpaired) electrons. The molecule has 0 aliphatic heterocycles. The van der Waals surface area contributed by atoms with E-state index in [1.807, 2.05) is 13.8 Å². The summed E-state index contributed by atoms with van der Waals surface area (Å²) in [6.07, 6.45) is -7.80. The van der Waals surface area contributed by atoms with Crippen molar-refractivity contribution in [2.24, 2.45) is 0 Å². The maximum absolute atomic E-state index is 13.2. The summed E-state index contributed by atoms with van der Waals surface area (Å²) in [7, 11) is 1.10. The largest absolute Gasteiger partial charge is 0.491 e. The fourth-order valence-corrected chi connectivity index (χ4v) is 1.79. The fourth-order valence-electron chi connectivity index (χ4n) is 1.79. The number of rotatable bonds is 7. The van der Waals surface area contributed by atoms with Gasteiger partial charge in [0.15, 0.2) is 0 Å². The van der Waals surface area contributed by atoms with E-state index in [9.17, 15) is 22.0 Å². The van der Waals surface area contributed by atoms with Crippen LogP contribution in [-0.4, -0.2) is 25.3 Å². The van der Waals surface area contributed by atoms with E-state index in [0.717, 1.165) is 13.5 Å². The third-order valence-corrected chi connectivity index (χ3v) is 3.28. The van der Waals surface area contributed by atoms with Crippen molar-refractivity contribution in [1.82, 2.24) is 0 Å². The quantitative estimate of drug-likeness (QED) is 0.646. The van der Waals surface area contributed by atoms with Crippen LogP contribution >= 0.6 is 0 Å². The molecule has 0 saturated carbocycles. The Morgan fingerprint density at radius 3 is 2.27 bits per heavy atom. The first-order valence-electron chi connectivity index (χ1n) is 6.84. The molecule has 0 amide bonds. The van der Waals surface area contributed by atoms with E-state index in [2.05, 4.69) is 0 Å². The maximum atomic E-state index is 13.2. The van der Waals surface area contributed by atoms with E-state index in [-0.39, 0.29) is 11.7 Å². The standard InChI is InChI=1S/C15H19F5O2/c1-4-10(2)22-12-7-5-6-11(8-12)13(21-3)9-14(16,17)15(18,19)20/h5-8,10,13H,4,9H2,1-3H3. The Morgan fingerprint density at radius 1 is 1.14 bits per heavy atom. The van der Waals surface area contributed by atoms with Crippen molar-refractivity contribution in [2.75, 3.05) is 7.11 Å². The lowest BCUT2D eigenvalue weighted by Crippen LogP contribution is -2.38. The molecular weight excluding hydrogens is 307 g/mol. The minimum atomic E-state index is -5.60. The monoisotopic (exact) mass is 326 g/mol. The summed E-state index contributed by atoms with van der Waals surface area (Å²) in [5, 5.41) is 0. The molecule has 1 rings (SSSR count). The molecule has 2 nitrogen and oxygen atoms in total. The summed E-state index contributed by atoms with van der Waals surface area (Å²) in [6.45, 7) is 3.74. The minimum Gasteiger partial charge on any atom is -0.491 e. The molecule has 22 heavy (non-hydrogen) atoms. The van der Waals surface area contributed by atoms with Crippen LogP contribution < -0.4 is 4.74 Å². The lowest BCUT2D eigenvalue weighted by molar-refractivity contribution is -0.291. The van der Waals surface area contributed by atoms with Crippen molar-refractivity contribution in [2.45, 2.75) is 51.0 Å². The second kappa shape index (κ2) is 7.26. The molecule has 1 aromatic carbocycles. The number of benzene rings is 1. The van der Waals surface area contributed by atoms with Gasteiger partial charge in [-0.15, -0.1) is 0 Å². The predicted molar refractivity (Wildman–Crippen MR) is 72.2 cm³/mol. The Labute approximate surface area is 126 Å². The van der Waals surface area contributed by atoms with Gasteiger partial charge in [-0.2, -0.15) is 22.0 Å². The number of alkyl halides is 5. The number of halogens is 5. The maximum Gasteiger partial charge on any atom is 0.453 e. The van der Waals surface area contributed by atoms with E-state index in [0.29, 0.717) is 5.75 Å². The molecule has 0 saturated heterocycles. The highest BCUT2D eigenvalue weighted by Crippen LogP contribution is 2.42. The number of hydrogen-bond donors (Lipinski definition) is 0. The van der Waals surface area contributed by atoms with Crippen molar-refractivity contribution < 1.29 is 31.4 Å². The van der Waals surface area contributed by atoms with Gasteiger partial charge >= 0.3 is 12.1 Å². The van der Waals surface area contributed by atoms with E-state index in [1.165, 1.54) is 18.2 Å². The highest BCUT2D eigenvalue weighted by atomic mass is 19.4. The van der Waals surface area contributed by atoms with Crippen molar-refractivity contribution in [3.8, 4) is 5.75 Å². The first-order chi connectivity index (χ1) is 10.1. The zero-order valence-electron chi connectivity index (χ0n) is 12.6. The predicted octanol–water partition coefficient (Wildman–Crippen LogP) is 5.14. The van der Waals surface area contributed by atoms with Crippen LogP contribution in [0.1, 0.15) is 38.4 Å². The van der Waals surface area contributed by atoms with Crippen LogP contribution in [0.5, 0.6) is 5.75 Å². The average molecular weight is 326 g/mol. The Morgan fingerprint density at radius 2 is 1.77 bits per heavy atom. The van der Waals surface area contributed by atoms with Gasteiger partial charge in [0.2, 0.25) is 0 Å². The normalized spacial score (nSPS) is 15.5. The molecule has 0 aliphatic rings. The van der Waals surface area contributed by atoms with Gasteiger partial charge in [-0.1, -0.05) is 19.1 Å². The summed E-state index contributed by atoms with van der Waals surface area (Å²) in [4.78, 5) is 0. The molecule has 0 fully saturated rings. The Kier molecular flexibility index (Phi) is 6.17. The average Bonchev–Trinajstić information content (AvgIpc) is 2.43. The molecule has 1 aromatic rings. The summed E-state index contributed by atoms with van der Waals surface area (Å²) in [5.74, 6) is -4.41. The van der Waals surface area contributed by atoms with Crippen molar-refractivity contribution >= 4 is 0 Å². The first kappa shape index (κ1) is 18.7. The summed E-state index contributed by atoms with van der Waals surface area (Å²) >= 11 is 0. The van der Waals surface area contributed by atoms with Crippen molar-refractivity contribution in [1.29, 1.82) is 0 Å². The van der Waals surface area contributed by atoms with Crippen LogP contribution in [0.15, 0.2) is 24.3 Å². The Balaban J connectivity index is 2.94. The van der Waals surface area contributed by atoms with E-state index < -0.39 is 24.6 Å². The first-order valence-corrected chi connectivity index (χ1v) is 6.84. The van der Waals surface area contributed by atoms with Crippen LogP contribution in [0.3, 0.4) is 0 Å². The lowest BCUT2D eigenvalue weighted by atomic mass is 10.0. The van der Waals surface area contributed by atoms with Gasteiger partial charge in [-0.05, 0) is 31.0 Å². The Bertz CT molecular complexity index is 473. The van der Waals surface area contributed by atoms with Gasteiger partial charge < -0.3 is 9.47 Å². The molecule has 0 bridgehead atoms. The SMILES string of the molecule is CCC(C)Oc1cccc(C(CC(F)(F)C(F)(F)F)OC)c1. The van der Waals surface area contributed by atoms with Crippen molar-refractivity contribution in [3.63, 3.8) is 0 Å². The summed E-state index contributed by atoms with van der Waals surface area (Å²) in [6, 6.07) is 6.01. The third-order valence-electron chi connectivity index (χ3n) is 3.28. The minimum absolute atomic E-state index is 0.0899. The van der Waals surface area contributed by atoms with Gasteiger partial charge in [-0.25, -0.2) is 0 Å². The Hall–Kier alpha value is -1.37. The van der Waals surface area contributed by atoms with Gasteiger partial charge in [0.05, 0.1) is 18.6 Å². The number of ether oxygens (including phenoxy) is 2. The van der Waals surface area contributed by atoms with Gasteiger partial charge in [-0.3, -0.25) is 0 Å². The van der Waals surface area contributed by atoms with Gasteiger partial charge in [0, 0.05) is 7.11 Å². The number of hydrogen-bond acceptors (Lipinski definition) is 2. The molecule has 2 atom stereocenters. The zero-order chi connectivity index (χ0) is 17.0. The molecule has 0 heterocycles. The number of methoxy groups -OCH3 is 1. The topological polar surface area (TPSA) is 18.5 Å². The summed E-state index contributed by atoms with van der Waals surface area (Å²) in [5.41, 5.74) is 0.215. The molecule has 126 valence electrons. The second-order valence-corrected chi connectivity index (χ2v) is 5.04. The molecule has 7 heteroatoms. The molecule has 0 aliphatic carbocycles. The van der Waals surface area contributed by atoms with Gasteiger partial charge in [0.1, 0.15) is 5.75 Å². The second-order valence-electron chi connectivity index (χ2n) is 5.04. The fraction of sp³-hybridized carbons (Fsp3) is 0.600. The molecule has 0 aromatic heterocycles. The summed E-state index contributed by atoms with van der Waals surface area (Å²) < 4.78 is 73.7. The van der Waals surface area contributed by atoms with Crippen LogP contribution in [0.25, 0.3) is 0 Å². The van der Waals surface area contributed by atoms with Crippen LogP contribution in [0.2, 0.25) is 0 Å². The zero-order valence-corrected chi connectivity index (χ0v) is 12.6. The molecule has 0 N–H and O–H groups in total. The van der Waals surface area contributed by atoms with Crippen LogP contribution in [0, 0.1) is 0 Å². The molecule has 2 unspecified atom stereocenters. The highest BCUT2D eigenvalue weighted by Gasteiger charge is 2.58. The van der Waals surface area contributed by atoms with Crippen molar-refractivity contribution in [3.05, 3.63) is 29.8 Å². The van der Waals surface area contributed by atoms with E-state index in [1.54, 1.807) is 6.07 Å². The smallest absolute Gasteiger partial charge is 0.453 e. The third kappa shape index (κ3) is 4.83. The lowest BCUT2D eigenvalue weighted by Gasteiger charge is -2.25. The molecule has 0 spiro atoms.